The first-order valence-corrected chi connectivity index (χ1v) is 11.1. The molecule has 1 heterocycles. The molecule has 3 rings (SSSR count). The number of nitro groups is 1. The minimum Gasteiger partial charge on any atom is -0.337 e. The van der Waals surface area contributed by atoms with Gasteiger partial charge in [0.15, 0.2) is 0 Å². The normalized spacial score (nSPS) is 15.5. The lowest BCUT2D eigenvalue weighted by molar-refractivity contribution is -0.384. The quantitative estimate of drug-likeness (QED) is 0.379. The van der Waals surface area contributed by atoms with Crippen molar-refractivity contribution in [3.05, 3.63) is 74.3 Å². The van der Waals surface area contributed by atoms with Gasteiger partial charge in [0, 0.05) is 44.4 Å². The molecule has 0 spiro atoms. The zero-order chi connectivity index (χ0) is 21.9. The van der Waals surface area contributed by atoms with E-state index in [1.165, 1.54) is 51.7 Å². The van der Waals surface area contributed by atoms with E-state index in [-0.39, 0.29) is 52.7 Å². The number of benzene rings is 2. The number of halogens is 2. The lowest BCUT2D eigenvalue weighted by Gasteiger charge is -2.33. The summed E-state index contributed by atoms with van der Waals surface area (Å²) in [5.41, 5.74) is 0.453. The van der Waals surface area contributed by atoms with E-state index < -0.39 is 14.9 Å². The van der Waals surface area contributed by atoms with Crippen molar-refractivity contribution in [2.45, 2.75) is 4.90 Å². The Hall–Kier alpha value is -2.46. The van der Waals surface area contributed by atoms with Crippen LogP contribution in [0.3, 0.4) is 0 Å². The van der Waals surface area contributed by atoms with E-state index in [0.717, 1.165) is 0 Å². The van der Waals surface area contributed by atoms with Crippen LogP contribution in [-0.2, 0) is 14.8 Å². The van der Waals surface area contributed by atoms with Gasteiger partial charge in [-0.15, -0.1) is 0 Å². The Labute approximate surface area is 183 Å². The van der Waals surface area contributed by atoms with Crippen molar-refractivity contribution >= 4 is 50.9 Å². The number of hydrogen-bond acceptors (Lipinski definition) is 5. The van der Waals surface area contributed by atoms with Gasteiger partial charge in [-0.05, 0) is 23.8 Å². The van der Waals surface area contributed by atoms with E-state index in [2.05, 4.69) is 0 Å². The SMILES string of the molecule is O=C(/C=C/c1cccc([N+](=O)[O-])c1)N1CCN(S(=O)(=O)c2c(Cl)cccc2Cl)CC1. The lowest BCUT2D eigenvalue weighted by Crippen LogP contribution is -2.50. The van der Waals surface area contributed by atoms with Crippen molar-refractivity contribution in [2.75, 3.05) is 26.2 Å². The maximum Gasteiger partial charge on any atom is 0.270 e. The van der Waals surface area contributed by atoms with Crippen molar-refractivity contribution in [1.82, 2.24) is 9.21 Å². The van der Waals surface area contributed by atoms with E-state index in [1.54, 1.807) is 12.1 Å². The fourth-order valence-corrected chi connectivity index (χ4v) is 5.54. The molecule has 1 aliphatic rings. The molecule has 0 unspecified atom stereocenters. The van der Waals surface area contributed by atoms with Gasteiger partial charge in [0.1, 0.15) is 4.90 Å². The molecule has 2 aromatic carbocycles. The highest BCUT2D eigenvalue weighted by molar-refractivity contribution is 7.89. The van der Waals surface area contributed by atoms with Crippen molar-refractivity contribution in [3.8, 4) is 0 Å². The van der Waals surface area contributed by atoms with Gasteiger partial charge in [0.2, 0.25) is 15.9 Å². The molecule has 0 aliphatic carbocycles. The number of carbonyl (C=O) groups is 1. The van der Waals surface area contributed by atoms with E-state index in [9.17, 15) is 23.3 Å². The number of sulfonamides is 1. The monoisotopic (exact) mass is 469 g/mol. The maximum atomic E-state index is 12.9. The molecule has 1 aliphatic heterocycles. The largest absolute Gasteiger partial charge is 0.337 e. The zero-order valence-electron chi connectivity index (χ0n) is 15.6. The molecule has 2 aromatic rings. The molecule has 30 heavy (non-hydrogen) atoms. The third-order valence-electron chi connectivity index (χ3n) is 4.57. The Morgan fingerprint density at radius 3 is 2.23 bits per heavy atom. The second-order valence-corrected chi connectivity index (χ2v) is 9.15. The van der Waals surface area contributed by atoms with E-state index in [0.29, 0.717) is 5.56 Å². The summed E-state index contributed by atoms with van der Waals surface area (Å²) in [5, 5.41) is 10.9. The number of rotatable bonds is 5. The molecule has 0 atom stereocenters. The molecule has 0 saturated carbocycles. The number of nitrogens with zero attached hydrogens (tertiary/aromatic N) is 3. The second kappa shape index (κ2) is 9.13. The molecule has 8 nitrogen and oxygen atoms in total. The van der Waals surface area contributed by atoms with E-state index in [1.807, 2.05) is 0 Å². The van der Waals surface area contributed by atoms with Gasteiger partial charge >= 0.3 is 0 Å². The second-order valence-electron chi connectivity index (χ2n) is 6.47. The van der Waals surface area contributed by atoms with Crippen LogP contribution < -0.4 is 0 Å². The van der Waals surface area contributed by atoms with Crippen LogP contribution in [0.15, 0.2) is 53.4 Å². The lowest BCUT2D eigenvalue weighted by atomic mass is 10.2. The smallest absolute Gasteiger partial charge is 0.270 e. The zero-order valence-corrected chi connectivity index (χ0v) is 17.9. The molecular weight excluding hydrogens is 453 g/mol. The Morgan fingerprint density at radius 2 is 1.63 bits per heavy atom. The van der Waals surface area contributed by atoms with Crippen LogP contribution in [0.25, 0.3) is 6.08 Å². The third-order valence-corrected chi connectivity index (χ3v) is 7.42. The van der Waals surface area contributed by atoms with Crippen molar-refractivity contribution < 1.29 is 18.1 Å². The number of piperazine rings is 1. The molecule has 0 N–H and O–H groups in total. The summed E-state index contributed by atoms with van der Waals surface area (Å²) in [5.74, 6) is -0.311. The topological polar surface area (TPSA) is 101 Å². The summed E-state index contributed by atoms with van der Waals surface area (Å²) in [6.07, 6.45) is 2.80. The van der Waals surface area contributed by atoms with Gasteiger partial charge in [-0.2, -0.15) is 4.31 Å². The summed E-state index contributed by atoms with van der Waals surface area (Å²) in [6.45, 7) is 0.583. The Balaban J connectivity index is 1.66. The van der Waals surface area contributed by atoms with E-state index in [4.69, 9.17) is 23.2 Å². The first kappa shape index (κ1) is 22.2. The van der Waals surface area contributed by atoms with Gasteiger partial charge < -0.3 is 4.90 Å². The molecule has 0 bridgehead atoms. The summed E-state index contributed by atoms with van der Waals surface area (Å²) in [6, 6.07) is 10.4. The average Bonchev–Trinajstić information content (AvgIpc) is 2.72. The first-order valence-electron chi connectivity index (χ1n) is 8.86. The Bertz CT molecular complexity index is 1090. The highest BCUT2D eigenvalue weighted by Crippen LogP contribution is 2.31. The van der Waals surface area contributed by atoms with Crippen LogP contribution in [0.2, 0.25) is 10.0 Å². The van der Waals surface area contributed by atoms with Crippen LogP contribution >= 0.6 is 23.2 Å². The molecule has 0 radical (unpaired) electrons. The Morgan fingerprint density at radius 1 is 1.03 bits per heavy atom. The van der Waals surface area contributed by atoms with Gasteiger partial charge in [0.05, 0.1) is 15.0 Å². The summed E-state index contributed by atoms with van der Waals surface area (Å²) >= 11 is 12.1. The van der Waals surface area contributed by atoms with Gasteiger partial charge in [-0.1, -0.05) is 41.4 Å². The van der Waals surface area contributed by atoms with E-state index >= 15 is 0 Å². The first-order chi connectivity index (χ1) is 14.2. The molecule has 158 valence electrons. The van der Waals surface area contributed by atoms with Crippen LogP contribution in [0.5, 0.6) is 0 Å². The van der Waals surface area contributed by atoms with Crippen LogP contribution in [0, 0.1) is 10.1 Å². The molecule has 11 heteroatoms. The van der Waals surface area contributed by atoms with Crippen LogP contribution in [0.4, 0.5) is 5.69 Å². The molecule has 1 saturated heterocycles. The van der Waals surface area contributed by atoms with Crippen molar-refractivity contribution in [2.24, 2.45) is 0 Å². The fraction of sp³-hybridized carbons (Fsp3) is 0.211. The average molecular weight is 470 g/mol. The maximum absolute atomic E-state index is 12.9. The molecule has 1 amide bonds. The van der Waals surface area contributed by atoms with Crippen molar-refractivity contribution in [3.63, 3.8) is 0 Å². The predicted molar refractivity (Wildman–Crippen MR) is 114 cm³/mol. The minimum absolute atomic E-state index is 0.0425. The standard InChI is InChI=1S/C19H17Cl2N3O5S/c20-16-5-2-6-17(21)19(16)30(28,29)23-11-9-22(10-12-23)18(25)8-7-14-3-1-4-15(13-14)24(26)27/h1-8,13H,9-12H2/b8-7+. The summed E-state index contributed by atoms with van der Waals surface area (Å²) in [4.78, 5) is 24.1. The van der Waals surface area contributed by atoms with Crippen molar-refractivity contribution in [1.29, 1.82) is 0 Å². The number of carbonyl (C=O) groups excluding carboxylic acids is 1. The molecular formula is C19H17Cl2N3O5S. The molecule has 1 fully saturated rings. The number of nitro benzene ring substituents is 1. The van der Waals surface area contributed by atoms with Crippen LogP contribution in [0.1, 0.15) is 5.56 Å². The van der Waals surface area contributed by atoms with Gasteiger partial charge in [-0.3, -0.25) is 14.9 Å². The van der Waals surface area contributed by atoms with Gasteiger partial charge in [-0.25, -0.2) is 8.42 Å². The number of non-ortho nitro benzene ring substituents is 1. The van der Waals surface area contributed by atoms with Gasteiger partial charge in [0.25, 0.3) is 5.69 Å². The fourth-order valence-electron chi connectivity index (χ4n) is 3.02. The highest BCUT2D eigenvalue weighted by Gasteiger charge is 2.32. The molecule has 0 aromatic heterocycles. The number of amides is 1. The Kier molecular flexibility index (Phi) is 6.77. The predicted octanol–water partition coefficient (Wildman–Crippen LogP) is 3.45. The van der Waals surface area contributed by atoms with Crippen LogP contribution in [-0.4, -0.2) is 54.6 Å². The summed E-state index contributed by atoms with van der Waals surface area (Å²) in [7, 11) is -3.89. The highest BCUT2D eigenvalue weighted by atomic mass is 35.5. The third kappa shape index (κ3) is 4.81. The number of hydrogen-bond donors (Lipinski definition) is 0. The minimum atomic E-state index is -3.89. The summed E-state index contributed by atoms with van der Waals surface area (Å²) < 4.78 is 27.0.